The quantitative estimate of drug-likeness (QED) is 0.762. The molecule has 1 rings (SSSR count). The number of rotatable bonds is 4. The van der Waals surface area contributed by atoms with E-state index >= 15 is 0 Å². The number of ketones is 1. The molecule has 13 heavy (non-hydrogen) atoms. The topological polar surface area (TPSA) is 37.3 Å². The van der Waals surface area contributed by atoms with Crippen LogP contribution in [0.2, 0.25) is 0 Å². The number of carbonyl (C=O) groups is 1. The van der Waals surface area contributed by atoms with Crippen molar-refractivity contribution in [2.45, 2.75) is 26.4 Å². The van der Waals surface area contributed by atoms with Gasteiger partial charge in [-0.2, -0.15) is 0 Å². The first-order valence-electron chi connectivity index (χ1n) is 4.46. The van der Waals surface area contributed by atoms with E-state index < -0.39 is 0 Å². The fourth-order valence-electron chi connectivity index (χ4n) is 1.12. The molecule has 1 N–H and O–H groups in total. The van der Waals surface area contributed by atoms with Gasteiger partial charge in [0.25, 0.3) is 0 Å². The summed E-state index contributed by atoms with van der Waals surface area (Å²) >= 11 is 0. The zero-order valence-electron chi connectivity index (χ0n) is 7.79. The third-order valence-corrected chi connectivity index (χ3v) is 2.00. The van der Waals surface area contributed by atoms with E-state index in [0.29, 0.717) is 12.8 Å². The predicted octanol–water partition coefficient (Wildman–Crippen LogP) is 1.70. The van der Waals surface area contributed by atoms with E-state index in [1.165, 1.54) is 0 Å². The lowest BCUT2D eigenvalue weighted by atomic mass is 10.1. The number of hydrogen-bond donors (Lipinski definition) is 1. The largest absolute Gasteiger partial charge is 0.392 e. The van der Waals surface area contributed by atoms with E-state index in [9.17, 15) is 4.79 Å². The third kappa shape index (κ3) is 2.99. The van der Waals surface area contributed by atoms with Gasteiger partial charge in [-0.25, -0.2) is 0 Å². The molecule has 0 aliphatic carbocycles. The molecule has 0 aliphatic heterocycles. The van der Waals surface area contributed by atoms with Gasteiger partial charge in [-0.1, -0.05) is 31.2 Å². The third-order valence-electron chi connectivity index (χ3n) is 2.00. The molecule has 0 fully saturated rings. The van der Waals surface area contributed by atoms with Gasteiger partial charge in [-0.15, -0.1) is 0 Å². The molecule has 0 unspecified atom stereocenters. The average molecular weight is 178 g/mol. The van der Waals surface area contributed by atoms with Gasteiger partial charge in [0.15, 0.2) is 0 Å². The lowest BCUT2D eigenvalue weighted by Crippen LogP contribution is -2.00. The number of benzene rings is 1. The van der Waals surface area contributed by atoms with E-state index in [4.69, 9.17) is 5.11 Å². The molecule has 0 radical (unpaired) electrons. The molecular formula is C11H14O2. The molecule has 70 valence electrons. The fourth-order valence-corrected chi connectivity index (χ4v) is 1.12. The van der Waals surface area contributed by atoms with Crippen LogP contribution < -0.4 is 0 Å². The summed E-state index contributed by atoms with van der Waals surface area (Å²) in [5.74, 6) is 0.247. The van der Waals surface area contributed by atoms with E-state index in [-0.39, 0.29) is 12.4 Å². The van der Waals surface area contributed by atoms with E-state index in [1.54, 1.807) is 0 Å². The fraction of sp³-hybridized carbons (Fsp3) is 0.364. The minimum Gasteiger partial charge on any atom is -0.392 e. The summed E-state index contributed by atoms with van der Waals surface area (Å²) in [4.78, 5) is 11.1. The van der Waals surface area contributed by atoms with Crippen molar-refractivity contribution in [3.63, 3.8) is 0 Å². The first-order chi connectivity index (χ1) is 6.26. The monoisotopic (exact) mass is 178 g/mol. The molecule has 0 amide bonds. The van der Waals surface area contributed by atoms with Crippen LogP contribution in [0.5, 0.6) is 0 Å². The van der Waals surface area contributed by atoms with Crippen LogP contribution in [0.3, 0.4) is 0 Å². The molecule has 0 saturated heterocycles. The summed E-state index contributed by atoms with van der Waals surface area (Å²) in [6.07, 6.45) is 1.09. The Balaban J connectivity index is 2.64. The molecule has 2 nitrogen and oxygen atoms in total. The van der Waals surface area contributed by atoms with Gasteiger partial charge < -0.3 is 5.11 Å². The average Bonchev–Trinajstić information content (AvgIpc) is 2.19. The maximum Gasteiger partial charge on any atom is 0.136 e. The van der Waals surface area contributed by atoms with Crippen molar-refractivity contribution in [1.29, 1.82) is 0 Å². The summed E-state index contributed by atoms with van der Waals surface area (Å²) in [5.41, 5.74) is 1.90. The van der Waals surface area contributed by atoms with Crippen molar-refractivity contribution in [2.75, 3.05) is 0 Å². The Labute approximate surface area is 78.2 Å². The summed E-state index contributed by atoms with van der Waals surface area (Å²) in [6, 6.07) is 7.47. The minimum absolute atomic E-state index is 0.0575. The number of aliphatic hydroxyl groups is 1. The van der Waals surface area contributed by atoms with Gasteiger partial charge in [0.2, 0.25) is 0 Å². The minimum atomic E-state index is 0.0575. The molecule has 0 atom stereocenters. The number of Topliss-reactive ketones (excluding diaryl/α,β-unsaturated/α-hetero) is 1. The maximum absolute atomic E-state index is 11.1. The van der Waals surface area contributed by atoms with E-state index in [0.717, 1.165) is 11.1 Å². The second-order valence-electron chi connectivity index (χ2n) is 3.04. The Hall–Kier alpha value is -1.15. The molecule has 0 heterocycles. The normalized spacial score (nSPS) is 10.0. The highest BCUT2D eigenvalue weighted by atomic mass is 16.3. The number of hydrogen-bond acceptors (Lipinski definition) is 2. The molecule has 1 aromatic carbocycles. The number of aliphatic hydroxyl groups excluding tert-OH is 1. The predicted molar refractivity (Wildman–Crippen MR) is 51.4 cm³/mol. The molecule has 0 bridgehead atoms. The van der Waals surface area contributed by atoms with Crippen molar-refractivity contribution in [3.05, 3.63) is 35.4 Å². The molecule has 0 spiro atoms. The van der Waals surface area contributed by atoms with Crippen molar-refractivity contribution in [2.24, 2.45) is 0 Å². The van der Waals surface area contributed by atoms with Crippen molar-refractivity contribution in [3.8, 4) is 0 Å². The lowest BCUT2D eigenvalue weighted by molar-refractivity contribution is -0.118. The molecule has 0 saturated carbocycles. The van der Waals surface area contributed by atoms with Gasteiger partial charge in [0.1, 0.15) is 5.78 Å². The second kappa shape index (κ2) is 4.77. The Morgan fingerprint density at radius 3 is 2.23 bits per heavy atom. The van der Waals surface area contributed by atoms with Crippen molar-refractivity contribution in [1.82, 2.24) is 0 Å². The van der Waals surface area contributed by atoms with Crippen molar-refractivity contribution < 1.29 is 9.90 Å². The van der Waals surface area contributed by atoms with E-state index in [2.05, 4.69) is 0 Å². The Morgan fingerprint density at radius 2 is 1.77 bits per heavy atom. The van der Waals surface area contributed by atoms with Crippen molar-refractivity contribution >= 4 is 5.78 Å². The Bertz CT molecular complexity index is 275. The summed E-state index contributed by atoms with van der Waals surface area (Å²) in [5, 5.41) is 8.79. The van der Waals surface area contributed by atoms with Crippen LogP contribution >= 0.6 is 0 Å². The van der Waals surface area contributed by atoms with Crippen LogP contribution in [-0.4, -0.2) is 10.9 Å². The zero-order chi connectivity index (χ0) is 9.68. The highest BCUT2D eigenvalue weighted by Gasteiger charge is 2.00. The maximum atomic E-state index is 11.1. The van der Waals surface area contributed by atoms with Gasteiger partial charge in [0.05, 0.1) is 6.61 Å². The molecule has 0 aromatic heterocycles. The summed E-state index contributed by atoms with van der Waals surface area (Å²) in [7, 11) is 0. The first kappa shape index (κ1) is 9.93. The Kier molecular flexibility index (Phi) is 3.65. The smallest absolute Gasteiger partial charge is 0.136 e. The van der Waals surface area contributed by atoms with Gasteiger partial charge in [-0.05, 0) is 11.1 Å². The van der Waals surface area contributed by atoms with Crippen LogP contribution in [0.15, 0.2) is 24.3 Å². The lowest BCUT2D eigenvalue weighted by Gasteiger charge is -2.00. The van der Waals surface area contributed by atoms with Gasteiger partial charge >= 0.3 is 0 Å². The van der Waals surface area contributed by atoms with Crippen LogP contribution in [-0.2, 0) is 17.8 Å². The summed E-state index contributed by atoms with van der Waals surface area (Å²) < 4.78 is 0. The highest BCUT2D eigenvalue weighted by Crippen LogP contribution is 2.06. The Morgan fingerprint density at radius 1 is 1.23 bits per heavy atom. The highest BCUT2D eigenvalue weighted by molar-refractivity contribution is 5.80. The van der Waals surface area contributed by atoms with E-state index in [1.807, 2.05) is 31.2 Å². The molecular weight excluding hydrogens is 164 g/mol. The molecule has 2 heteroatoms. The second-order valence-corrected chi connectivity index (χ2v) is 3.04. The van der Waals surface area contributed by atoms with Crippen LogP contribution in [0, 0.1) is 0 Å². The molecule has 0 aliphatic rings. The van der Waals surface area contributed by atoms with Gasteiger partial charge in [-0.3, -0.25) is 4.79 Å². The number of carbonyl (C=O) groups excluding carboxylic acids is 1. The first-order valence-corrected chi connectivity index (χ1v) is 4.46. The zero-order valence-corrected chi connectivity index (χ0v) is 7.79. The summed E-state index contributed by atoms with van der Waals surface area (Å²) in [6.45, 7) is 1.92. The van der Waals surface area contributed by atoms with Gasteiger partial charge in [0, 0.05) is 12.8 Å². The standard InChI is InChI=1S/C11H14O2/c1-2-11(13)7-9-3-5-10(8-12)6-4-9/h3-6,12H,2,7-8H2,1H3. The van der Waals surface area contributed by atoms with Crippen LogP contribution in [0.4, 0.5) is 0 Å². The SMILES string of the molecule is CCC(=O)Cc1ccc(CO)cc1. The van der Waals surface area contributed by atoms with Crippen LogP contribution in [0.25, 0.3) is 0 Å². The van der Waals surface area contributed by atoms with Crippen LogP contribution in [0.1, 0.15) is 24.5 Å². The molecule has 1 aromatic rings.